The minimum Gasteiger partial charge on any atom is -0.495 e. The van der Waals surface area contributed by atoms with Crippen LogP contribution in [0, 0.1) is 0 Å². The quantitative estimate of drug-likeness (QED) is 0.813. The van der Waals surface area contributed by atoms with Crippen LogP contribution in [0.2, 0.25) is 5.02 Å². The molecule has 0 spiro atoms. The van der Waals surface area contributed by atoms with Crippen LogP contribution in [0.1, 0.15) is 18.1 Å². The number of rotatable bonds is 2. The van der Waals surface area contributed by atoms with E-state index in [4.69, 9.17) is 16.3 Å². The first-order chi connectivity index (χ1) is 6.77. The fourth-order valence-corrected chi connectivity index (χ4v) is 1.56. The summed E-state index contributed by atoms with van der Waals surface area (Å²) in [5, 5.41) is 10.5. The predicted octanol–water partition coefficient (Wildman–Crippen LogP) is 2.68. The molecule has 14 heavy (non-hydrogen) atoms. The Hall–Kier alpha value is -0.990. The summed E-state index contributed by atoms with van der Waals surface area (Å²) >= 11 is 5.75. The SMILES string of the molecule is OC(C1=CCCO1)c1ccc(Cl)cc1. The van der Waals surface area contributed by atoms with E-state index in [0.717, 1.165) is 12.0 Å². The summed E-state index contributed by atoms with van der Waals surface area (Å²) < 4.78 is 5.28. The molecule has 1 heterocycles. The molecule has 0 bridgehead atoms. The van der Waals surface area contributed by atoms with Gasteiger partial charge in [-0.1, -0.05) is 23.7 Å². The van der Waals surface area contributed by atoms with Crippen molar-refractivity contribution in [3.63, 3.8) is 0 Å². The lowest BCUT2D eigenvalue weighted by Gasteiger charge is -2.12. The van der Waals surface area contributed by atoms with E-state index in [1.165, 1.54) is 0 Å². The summed E-state index contributed by atoms with van der Waals surface area (Å²) in [4.78, 5) is 0. The maximum Gasteiger partial charge on any atom is 0.136 e. The maximum absolute atomic E-state index is 9.87. The van der Waals surface area contributed by atoms with Gasteiger partial charge in [-0.05, 0) is 23.8 Å². The van der Waals surface area contributed by atoms with Gasteiger partial charge >= 0.3 is 0 Å². The zero-order valence-electron chi connectivity index (χ0n) is 7.61. The first-order valence-electron chi connectivity index (χ1n) is 4.54. The highest BCUT2D eigenvalue weighted by atomic mass is 35.5. The molecule has 0 saturated carbocycles. The average molecular weight is 211 g/mol. The van der Waals surface area contributed by atoms with Crippen molar-refractivity contribution in [2.24, 2.45) is 0 Å². The summed E-state index contributed by atoms with van der Waals surface area (Å²) in [5.74, 6) is 0.646. The van der Waals surface area contributed by atoms with Crippen molar-refractivity contribution < 1.29 is 9.84 Å². The second kappa shape index (κ2) is 4.03. The van der Waals surface area contributed by atoms with Crippen molar-refractivity contribution >= 4 is 11.6 Å². The average Bonchev–Trinajstić information content (AvgIpc) is 2.71. The third-order valence-corrected chi connectivity index (χ3v) is 2.44. The van der Waals surface area contributed by atoms with Crippen LogP contribution in [0.5, 0.6) is 0 Å². The molecule has 1 unspecified atom stereocenters. The van der Waals surface area contributed by atoms with Crippen LogP contribution in [0.3, 0.4) is 0 Å². The van der Waals surface area contributed by atoms with Gasteiger partial charge in [-0.25, -0.2) is 0 Å². The zero-order valence-corrected chi connectivity index (χ0v) is 8.37. The van der Waals surface area contributed by atoms with Crippen LogP contribution in [0.4, 0.5) is 0 Å². The van der Waals surface area contributed by atoms with Gasteiger partial charge in [-0.2, -0.15) is 0 Å². The van der Waals surface area contributed by atoms with Crippen molar-refractivity contribution in [1.29, 1.82) is 0 Å². The molecular formula is C11H11ClO2. The number of hydrogen-bond donors (Lipinski definition) is 1. The van der Waals surface area contributed by atoms with E-state index in [1.807, 2.05) is 6.08 Å². The maximum atomic E-state index is 9.87. The van der Waals surface area contributed by atoms with Crippen molar-refractivity contribution in [3.05, 3.63) is 46.7 Å². The minimum atomic E-state index is -0.658. The van der Waals surface area contributed by atoms with Gasteiger partial charge in [0.15, 0.2) is 0 Å². The van der Waals surface area contributed by atoms with Crippen LogP contribution >= 0.6 is 11.6 Å². The third-order valence-electron chi connectivity index (χ3n) is 2.19. The first-order valence-corrected chi connectivity index (χ1v) is 4.91. The fourth-order valence-electron chi connectivity index (χ4n) is 1.44. The molecule has 1 atom stereocenters. The molecule has 2 rings (SSSR count). The van der Waals surface area contributed by atoms with Crippen LogP contribution in [-0.2, 0) is 4.74 Å². The fraction of sp³-hybridized carbons (Fsp3) is 0.273. The molecule has 1 aromatic carbocycles. The van der Waals surface area contributed by atoms with Gasteiger partial charge in [-0.3, -0.25) is 0 Å². The van der Waals surface area contributed by atoms with E-state index in [0.29, 0.717) is 17.4 Å². The Kier molecular flexibility index (Phi) is 2.75. The largest absolute Gasteiger partial charge is 0.495 e. The van der Waals surface area contributed by atoms with Gasteiger partial charge in [0.2, 0.25) is 0 Å². The summed E-state index contributed by atoms with van der Waals surface area (Å²) in [7, 11) is 0. The Morgan fingerprint density at radius 3 is 2.57 bits per heavy atom. The van der Waals surface area contributed by atoms with Gasteiger partial charge in [0, 0.05) is 11.4 Å². The lowest BCUT2D eigenvalue weighted by Crippen LogP contribution is -2.01. The van der Waals surface area contributed by atoms with Crippen LogP contribution < -0.4 is 0 Å². The van der Waals surface area contributed by atoms with E-state index in [-0.39, 0.29) is 0 Å². The molecule has 0 aromatic heterocycles. The molecule has 0 aliphatic carbocycles. The molecule has 0 radical (unpaired) electrons. The Labute approximate surface area is 87.8 Å². The first kappa shape index (κ1) is 9.56. The molecule has 1 N–H and O–H groups in total. The second-order valence-electron chi connectivity index (χ2n) is 3.20. The van der Waals surface area contributed by atoms with Gasteiger partial charge in [-0.15, -0.1) is 0 Å². The molecule has 0 saturated heterocycles. The molecule has 1 aromatic rings. The summed E-state index contributed by atoms with van der Waals surface area (Å²) in [6.45, 7) is 0.667. The van der Waals surface area contributed by atoms with Crippen LogP contribution in [0.25, 0.3) is 0 Å². The van der Waals surface area contributed by atoms with Crippen molar-refractivity contribution in [2.45, 2.75) is 12.5 Å². The topological polar surface area (TPSA) is 29.5 Å². The number of ether oxygens (including phenoxy) is 1. The van der Waals surface area contributed by atoms with Gasteiger partial charge in [0.1, 0.15) is 11.9 Å². The van der Waals surface area contributed by atoms with E-state index >= 15 is 0 Å². The van der Waals surface area contributed by atoms with Crippen molar-refractivity contribution in [3.8, 4) is 0 Å². The molecule has 0 amide bonds. The number of benzene rings is 1. The lowest BCUT2D eigenvalue weighted by molar-refractivity contribution is 0.119. The Morgan fingerprint density at radius 2 is 2.00 bits per heavy atom. The van der Waals surface area contributed by atoms with Gasteiger partial charge in [0.25, 0.3) is 0 Å². The van der Waals surface area contributed by atoms with E-state index in [2.05, 4.69) is 0 Å². The molecule has 3 heteroatoms. The van der Waals surface area contributed by atoms with Gasteiger partial charge in [0.05, 0.1) is 6.61 Å². The van der Waals surface area contributed by atoms with Crippen molar-refractivity contribution in [1.82, 2.24) is 0 Å². The summed E-state index contributed by atoms with van der Waals surface area (Å²) in [6.07, 6.45) is 2.13. The molecule has 0 fully saturated rings. The summed E-state index contributed by atoms with van der Waals surface area (Å²) in [6, 6.07) is 7.12. The summed E-state index contributed by atoms with van der Waals surface area (Å²) in [5.41, 5.74) is 0.808. The Bertz CT molecular complexity index is 343. The zero-order chi connectivity index (χ0) is 9.97. The minimum absolute atomic E-state index is 0.646. The standard InChI is InChI=1S/C11H11ClO2/c12-9-5-3-8(4-6-9)11(13)10-2-1-7-14-10/h2-6,11,13H,1,7H2. The molecular weight excluding hydrogens is 200 g/mol. The smallest absolute Gasteiger partial charge is 0.136 e. The second-order valence-corrected chi connectivity index (χ2v) is 3.63. The van der Waals surface area contributed by atoms with Crippen LogP contribution in [0.15, 0.2) is 36.1 Å². The molecule has 74 valence electrons. The normalized spacial score (nSPS) is 17.4. The number of aliphatic hydroxyl groups is 1. The number of hydrogen-bond acceptors (Lipinski definition) is 2. The lowest BCUT2D eigenvalue weighted by atomic mass is 10.1. The Balaban J connectivity index is 2.18. The predicted molar refractivity (Wildman–Crippen MR) is 55.1 cm³/mol. The number of aliphatic hydroxyl groups excluding tert-OH is 1. The molecule has 1 aliphatic rings. The van der Waals surface area contributed by atoms with Crippen molar-refractivity contribution in [2.75, 3.05) is 6.61 Å². The third kappa shape index (κ3) is 1.91. The van der Waals surface area contributed by atoms with E-state index in [9.17, 15) is 5.11 Å². The highest BCUT2D eigenvalue weighted by molar-refractivity contribution is 6.30. The number of halogens is 1. The van der Waals surface area contributed by atoms with E-state index < -0.39 is 6.10 Å². The van der Waals surface area contributed by atoms with Gasteiger partial charge < -0.3 is 9.84 Å². The highest BCUT2D eigenvalue weighted by Crippen LogP contribution is 2.26. The molecule has 1 aliphatic heterocycles. The monoisotopic (exact) mass is 210 g/mol. The molecule has 2 nitrogen and oxygen atoms in total. The van der Waals surface area contributed by atoms with E-state index in [1.54, 1.807) is 24.3 Å². The Morgan fingerprint density at radius 1 is 1.29 bits per heavy atom. The highest BCUT2D eigenvalue weighted by Gasteiger charge is 2.17. The van der Waals surface area contributed by atoms with Crippen LogP contribution in [-0.4, -0.2) is 11.7 Å².